The van der Waals surface area contributed by atoms with Gasteiger partial charge in [0.05, 0.1) is 11.2 Å². The first-order valence-electron chi connectivity index (χ1n) is 7.62. The van der Waals surface area contributed by atoms with E-state index in [0.717, 1.165) is 33.6 Å². The van der Waals surface area contributed by atoms with E-state index in [1.165, 1.54) is 6.33 Å². The molecule has 0 radical (unpaired) electrons. The van der Waals surface area contributed by atoms with E-state index in [-0.39, 0.29) is 6.10 Å². The van der Waals surface area contributed by atoms with Crippen LogP contribution < -0.4 is 4.74 Å². The Balaban J connectivity index is 1.68. The number of aromatic nitrogens is 5. The molecule has 24 heavy (non-hydrogen) atoms. The quantitative estimate of drug-likeness (QED) is 0.623. The van der Waals surface area contributed by atoms with Gasteiger partial charge in [-0.15, -0.1) is 0 Å². The monoisotopic (exact) mass is 317 g/mol. The minimum Gasteiger partial charge on any atom is -0.484 e. The second kappa shape index (κ2) is 6.08. The van der Waals surface area contributed by atoms with Crippen LogP contribution in [0.15, 0.2) is 61.3 Å². The Hall–Kier alpha value is -3.28. The van der Waals surface area contributed by atoms with Crippen molar-refractivity contribution in [2.75, 3.05) is 0 Å². The zero-order chi connectivity index (χ0) is 16.4. The summed E-state index contributed by atoms with van der Waals surface area (Å²) in [4.78, 5) is 12.3. The lowest BCUT2D eigenvalue weighted by molar-refractivity contribution is 0.222. The van der Waals surface area contributed by atoms with Crippen LogP contribution in [-0.2, 0) is 0 Å². The molecular weight excluding hydrogens is 302 g/mol. The molecule has 3 aromatic heterocycles. The maximum Gasteiger partial charge on any atom is 0.138 e. The highest BCUT2D eigenvalue weighted by Crippen LogP contribution is 2.30. The van der Waals surface area contributed by atoms with Crippen LogP contribution in [0.25, 0.3) is 22.2 Å². The summed E-state index contributed by atoms with van der Waals surface area (Å²) in [7, 11) is 0. The summed E-state index contributed by atoms with van der Waals surface area (Å²) in [6, 6.07) is 11.6. The van der Waals surface area contributed by atoms with E-state index in [9.17, 15) is 0 Å². The molecule has 3 heterocycles. The zero-order valence-corrected chi connectivity index (χ0v) is 13.0. The van der Waals surface area contributed by atoms with Gasteiger partial charge >= 0.3 is 0 Å². The Morgan fingerprint density at radius 2 is 2.04 bits per heavy atom. The average Bonchev–Trinajstić information content (AvgIpc) is 3.06. The molecule has 1 atom stereocenters. The second-order valence-corrected chi connectivity index (χ2v) is 5.42. The second-order valence-electron chi connectivity index (χ2n) is 5.42. The molecule has 1 aromatic carbocycles. The first kappa shape index (κ1) is 14.3. The van der Waals surface area contributed by atoms with E-state index in [1.54, 1.807) is 18.6 Å². The van der Waals surface area contributed by atoms with Crippen LogP contribution >= 0.6 is 0 Å². The van der Waals surface area contributed by atoms with E-state index < -0.39 is 0 Å². The van der Waals surface area contributed by atoms with E-state index >= 15 is 0 Å². The van der Waals surface area contributed by atoms with Gasteiger partial charge in [0.15, 0.2) is 0 Å². The number of pyridine rings is 1. The fraction of sp³-hybridized carbons (Fsp3) is 0.111. The fourth-order valence-corrected chi connectivity index (χ4v) is 2.60. The van der Waals surface area contributed by atoms with Gasteiger partial charge in [-0.2, -0.15) is 5.10 Å². The van der Waals surface area contributed by atoms with Crippen LogP contribution in [0.4, 0.5) is 0 Å². The third kappa shape index (κ3) is 2.69. The van der Waals surface area contributed by atoms with Crippen LogP contribution in [0.3, 0.4) is 0 Å². The predicted octanol–water partition coefficient (Wildman–Crippen LogP) is 3.55. The predicted molar refractivity (Wildman–Crippen MR) is 90.4 cm³/mol. The lowest BCUT2D eigenvalue weighted by atomic mass is 10.1. The van der Waals surface area contributed by atoms with E-state index in [1.807, 2.05) is 43.3 Å². The maximum absolute atomic E-state index is 6.02. The molecule has 0 fully saturated rings. The Kier molecular flexibility index (Phi) is 3.63. The van der Waals surface area contributed by atoms with Crippen molar-refractivity contribution in [2.45, 2.75) is 13.0 Å². The molecule has 1 unspecified atom stereocenters. The molecule has 6 nitrogen and oxygen atoms in total. The Morgan fingerprint density at radius 1 is 1.08 bits per heavy atom. The Labute approximate surface area is 138 Å². The number of benzene rings is 1. The Bertz CT molecular complexity index is 953. The van der Waals surface area contributed by atoms with Crippen molar-refractivity contribution in [2.24, 2.45) is 0 Å². The van der Waals surface area contributed by atoms with E-state index in [4.69, 9.17) is 4.74 Å². The van der Waals surface area contributed by atoms with Gasteiger partial charge in [-0.3, -0.25) is 10.1 Å². The molecule has 4 rings (SSSR count). The summed E-state index contributed by atoms with van der Waals surface area (Å²) in [5, 5.41) is 8.44. The maximum atomic E-state index is 6.02. The average molecular weight is 317 g/mol. The van der Waals surface area contributed by atoms with Crippen molar-refractivity contribution >= 4 is 10.9 Å². The molecule has 118 valence electrons. The van der Waals surface area contributed by atoms with Crippen LogP contribution in [0.1, 0.15) is 18.7 Å². The zero-order valence-electron chi connectivity index (χ0n) is 13.0. The third-order valence-electron chi connectivity index (χ3n) is 3.80. The van der Waals surface area contributed by atoms with Crippen LogP contribution in [-0.4, -0.2) is 25.1 Å². The highest BCUT2D eigenvalue weighted by Gasteiger charge is 2.12. The molecule has 4 aromatic rings. The number of nitrogens with zero attached hydrogens (tertiary/aromatic N) is 4. The standard InChI is InChI=1S/C18H15N5O/c1-12(16-6-8-20-11-21-16)24-14-4-5-17-15(9-14)18(23-22-17)13-3-2-7-19-10-13/h2-12H,1H3,(H,22,23). The van der Waals surface area contributed by atoms with Crippen LogP contribution in [0, 0.1) is 0 Å². The summed E-state index contributed by atoms with van der Waals surface area (Å²) in [6.07, 6.45) is 6.61. The third-order valence-corrected chi connectivity index (χ3v) is 3.80. The van der Waals surface area contributed by atoms with Crippen molar-refractivity contribution in [3.8, 4) is 17.0 Å². The summed E-state index contributed by atoms with van der Waals surface area (Å²) >= 11 is 0. The molecule has 0 aliphatic carbocycles. The van der Waals surface area contributed by atoms with Crippen molar-refractivity contribution in [1.29, 1.82) is 0 Å². The molecule has 0 aliphatic rings. The molecule has 0 amide bonds. The van der Waals surface area contributed by atoms with Gasteiger partial charge in [-0.1, -0.05) is 0 Å². The number of hydrogen-bond donors (Lipinski definition) is 1. The highest BCUT2D eigenvalue weighted by molar-refractivity contribution is 5.93. The molecule has 0 saturated heterocycles. The minimum atomic E-state index is -0.167. The van der Waals surface area contributed by atoms with Crippen molar-refractivity contribution in [3.63, 3.8) is 0 Å². The molecule has 6 heteroatoms. The normalized spacial score (nSPS) is 12.2. The SMILES string of the molecule is CC(Oc1ccc2[nH]nc(-c3cccnc3)c2c1)c1ccncn1. The van der Waals surface area contributed by atoms with Crippen molar-refractivity contribution < 1.29 is 4.74 Å². The summed E-state index contributed by atoms with van der Waals surface area (Å²) in [5.41, 5.74) is 3.61. The molecular formula is C18H15N5O. The highest BCUT2D eigenvalue weighted by atomic mass is 16.5. The minimum absolute atomic E-state index is 0.167. The van der Waals surface area contributed by atoms with Gasteiger partial charge in [-0.05, 0) is 43.3 Å². The van der Waals surface area contributed by atoms with Crippen molar-refractivity contribution in [1.82, 2.24) is 25.1 Å². The largest absolute Gasteiger partial charge is 0.484 e. The van der Waals surface area contributed by atoms with E-state index in [0.29, 0.717) is 0 Å². The Morgan fingerprint density at radius 3 is 2.83 bits per heavy atom. The van der Waals surface area contributed by atoms with Gasteiger partial charge in [0.25, 0.3) is 0 Å². The lowest BCUT2D eigenvalue weighted by Crippen LogP contribution is -2.05. The summed E-state index contributed by atoms with van der Waals surface area (Å²) in [6.45, 7) is 1.96. The van der Waals surface area contributed by atoms with Gasteiger partial charge in [0.1, 0.15) is 23.9 Å². The summed E-state index contributed by atoms with van der Waals surface area (Å²) < 4.78 is 6.02. The summed E-state index contributed by atoms with van der Waals surface area (Å²) in [5.74, 6) is 0.764. The van der Waals surface area contributed by atoms with Gasteiger partial charge in [-0.25, -0.2) is 9.97 Å². The molecule has 1 N–H and O–H groups in total. The van der Waals surface area contributed by atoms with Gasteiger partial charge in [0.2, 0.25) is 0 Å². The number of aromatic amines is 1. The molecule has 0 spiro atoms. The first-order chi connectivity index (χ1) is 11.8. The smallest absolute Gasteiger partial charge is 0.138 e. The molecule has 0 bridgehead atoms. The van der Waals surface area contributed by atoms with Gasteiger partial charge in [0, 0.05) is 29.5 Å². The number of fused-ring (bicyclic) bond motifs is 1. The number of nitrogens with one attached hydrogen (secondary N) is 1. The first-order valence-corrected chi connectivity index (χ1v) is 7.62. The number of hydrogen-bond acceptors (Lipinski definition) is 5. The van der Waals surface area contributed by atoms with Crippen molar-refractivity contribution in [3.05, 3.63) is 67.0 Å². The number of rotatable bonds is 4. The van der Waals surface area contributed by atoms with Crippen LogP contribution in [0.2, 0.25) is 0 Å². The molecule has 0 saturated carbocycles. The molecule has 0 aliphatic heterocycles. The topological polar surface area (TPSA) is 76.6 Å². The van der Waals surface area contributed by atoms with Crippen LogP contribution in [0.5, 0.6) is 5.75 Å². The number of H-pyrrole nitrogens is 1. The lowest BCUT2D eigenvalue weighted by Gasteiger charge is -2.14. The number of ether oxygens (including phenoxy) is 1. The fourth-order valence-electron chi connectivity index (χ4n) is 2.60. The van der Waals surface area contributed by atoms with E-state index in [2.05, 4.69) is 25.1 Å². The van der Waals surface area contributed by atoms with Gasteiger partial charge < -0.3 is 4.74 Å².